The second-order valence-corrected chi connectivity index (χ2v) is 8.36. The van der Waals surface area contributed by atoms with Crippen molar-refractivity contribution in [2.24, 2.45) is 0 Å². The minimum atomic E-state index is -4.09. The summed E-state index contributed by atoms with van der Waals surface area (Å²) in [6, 6.07) is 13.4. The van der Waals surface area contributed by atoms with Crippen molar-refractivity contribution in [3.05, 3.63) is 81.9 Å². The van der Waals surface area contributed by atoms with E-state index in [0.717, 1.165) is 18.7 Å². The number of benzene rings is 3. The fourth-order valence-electron chi connectivity index (χ4n) is 2.99. The molecule has 30 heavy (non-hydrogen) atoms. The molecular formula is C21H17NO7S. The fourth-order valence-corrected chi connectivity index (χ4v) is 4.47. The number of non-ortho nitro benzene ring substituents is 1. The smallest absolute Gasteiger partial charge is 0.342 e. The molecule has 0 amide bonds. The fraction of sp³-hybridized carbons (Fsp3) is 0.0952. The molecule has 3 aromatic carbocycles. The zero-order valence-electron chi connectivity index (χ0n) is 16.0. The summed E-state index contributed by atoms with van der Waals surface area (Å²) in [5.74, 6) is -1.42. The Morgan fingerprint density at radius 2 is 1.60 bits per heavy atom. The second-order valence-electron chi connectivity index (χ2n) is 6.44. The summed E-state index contributed by atoms with van der Waals surface area (Å²) in [7, 11) is -3.00. The molecule has 0 heterocycles. The molecule has 0 aliphatic heterocycles. The Hall–Kier alpha value is -3.72. The number of phenolic OH excluding ortho intramolecular Hbond substituents is 1. The average molecular weight is 427 g/mol. The van der Waals surface area contributed by atoms with Crippen molar-refractivity contribution in [1.29, 1.82) is 0 Å². The number of methoxy groups -OCH3 is 1. The quantitative estimate of drug-likeness (QED) is 0.372. The van der Waals surface area contributed by atoms with Gasteiger partial charge in [-0.3, -0.25) is 10.1 Å². The lowest BCUT2D eigenvalue weighted by molar-refractivity contribution is -0.384. The molecule has 8 nitrogen and oxygen atoms in total. The molecule has 154 valence electrons. The average Bonchev–Trinajstić information content (AvgIpc) is 2.73. The topological polar surface area (TPSA) is 124 Å². The molecule has 0 saturated heterocycles. The van der Waals surface area contributed by atoms with E-state index < -0.39 is 26.5 Å². The van der Waals surface area contributed by atoms with Gasteiger partial charge >= 0.3 is 5.97 Å². The van der Waals surface area contributed by atoms with Crippen LogP contribution in [0.1, 0.15) is 15.9 Å². The summed E-state index contributed by atoms with van der Waals surface area (Å²) in [6.07, 6.45) is 0. The SMILES string of the molecule is COC(=O)c1c(O)ccc(S(=O)(=O)c2ccc(C)cc2)c1-c1ccc([N+](=O)[O-])cc1. The number of nitro benzene ring substituents is 1. The maximum absolute atomic E-state index is 13.3. The highest BCUT2D eigenvalue weighted by atomic mass is 32.2. The number of carbonyl (C=O) groups excluding carboxylic acids is 1. The molecule has 0 aromatic heterocycles. The molecule has 0 aliphatic carbocycles. The van der Waals surface area contributed by atoms with E-state index in [0.29, 0.717) is 0 Å². The lowest BCUT2D eigenvalue weighted by Gasteiger charge is -2.16. The van der Waals surface area contributed by atoms with Gasteiger partial charge in [0, 0.05) is 17.7 Å². The molecular weight excluding hydrogens is 410 g/mol. The van der Waals surface area contributed by atoms with E-state index in [4.69, 9.17) is 4.74 Å². The molecule has 9 heteroatoms. The van der Waals surface area contributed by atoms with Crippen LogP contribution >= 0.6 is 0 Å². The van der Waals surface area contributed by atoms with E-state index in [-0.39, 0.29) is 32.2 Å². The lowest BCUT2D eigenvalue weighted by Crippen LogP contribution is -2.10. The van der Waals surface area contributed by atoms with Gasteiger partial charge < -0.3 is 9.84 Å². The highest BCUT2D eigenvalue weighted by molar-refractivity contribution is 7.91. The van der Waals surface area contributed by atoms with Crippen molar-refractivity contribution < 1.29 is 28.0 Å². The number of aromatic hydroxyl groups is 1. The maximum Gasteiger partial charge on any atom is 0.342 e. The number of rotatable bonds is 5. The first-order valence-electron chi connectivity index (χ1n) is 8.67. The lowest BCUT2D eigenvalue weighted by atomic mass is 9.98. The minimum absolute atomic E-state index is 0.00207. The summed E-state index contributed by atoms with van der Waals surface area (Å²) in [6.45, 7) is 1.81. The van der Waals surface area contributed by atoms with E-state index in [9.17, 15) is 28.4 Å². The Bertz CT molecular complexity index is 1230. The van der Waals surface area contributed by atoms with E-state index in [1.165, 1.54) is 42.5 Å². The Balaban J connectivity index is 2.35. The summed E-state index contributed by atoms with van der Waals surface area (Å²) in [4.78, 5) is 22.5. The summed E-state index contributed by atoms with van der Waals surface area (Å²) in [5.41, 5.74) is 0.409. The number of ether oxygens (including phenoxy) is 1. The van der Waals surface area contributed by atoms with Gasteiger partial charge in [-0.2, -0.15) is 0 Å². The van der Waals surface area contributed by atoms with Crippen LogP contribution in [0, 0.1) is 17.0 Å². The van der Waals surface area contributed by atoms with Crippen LogP contribution in [0.2, 0.25) is 0 Å². The first-order chi connectivity index (χ1) is 14.2. The molecule has 0 spiro atoms. The van der Waals surface area contributed by atoms with Gasteiger partial charge in [-0.05, 0) is 48.9 Å². The molecule has 0 bridgehead atoms. The number of hydrogen-bond donors (Lipinski definition) is 1. The molecule has 0 aliphatic rings. The number of phenols is 1. The van der Waals surface area contributed by atoms with Crippen LogP contribution in [-0.4, -0.2) is 31.5 Å². The first kappa shape index (κ1) is 21.0. The van der Waals surface area contributed by atoms with E-state index in [1.54, 1.807) is 12.1 Å². The highest BCUT2D eigenvalue weighted by Gasteiger charge is 2.29. The number of nitro groups is 1. The van der Waals surface area contributed by atoms with E-state index in [1.807, 2.05) is 6.92 Å². The third kappa shape index (κ3) is 3.74. The van der Waals surface area contributed by atoms with Gasteiger partial charge in [0.2, 0.25) is 9.84 Å². The van der Waals surface area contributed by atoms with Gasteiger partial charge in [0.15, 0.2) is 0 Å². The van der Waals surface area contributed by atoms with Crippen LogP contribution in [-0.2, 0) is 14.6 Å². The Morgan fingerprint density at radius 3 is 2.13 bits per heavy atom. The third-order valence-corrected chi connectivity index (χ3v) is 6.33. The predicted molar refractivity (Wildman–Crippen MR) is 108 cm³/mol. The Kier molecular flexibility index (Phi) is 5.57. The highest BCUT2D eigenvalue weighted by Crippen LogP contribution is 2.39. The first-order valence-corrected chi connectivity index (χ1v) is 10.2. The summed E-state index contributed by atoms with van der Waals surface area (Å²) < 4.78 is 31.4. The van der Waals surface area contributed by atoms with Crippen molar-refractivity contribution in [3.63, 3.8) is 0 Å². The number of carbonyl (C=O) groups is 1. The zero-order chi connectivity index (χ0) is 22.1. The van der Waals surface area contributed by atoms with Crippen molar-refractivity contribution in [1.82, 2.24) is 0 Å². The number of nitrogens with zero attached hydrogens (tertiary/aromatic N) is 1. The van der Waals surface area contributed by atoms with Crippen LogP contribution in [0.15, 0.2) is 70.5 Å². The molecule has 3 aromatic rings. The van der Waals surface area contributed by atoms with Crippen molar-refractivity contribution in [2.75, 3.05) is 7.11 Å². The number of hydrogen-bond acceptors (Lipinski definition) is 7. The zero-order valence-corrected chi connectivity index (χ0v) is 16.8. The monoisotopic (exact) mass is 427 g/mol. The van der Waals surface area contributed by atoms with Gasteiger partial charge in [0.1, 0.15) is 11.3 Å². The van der Waals surface area contributed by atoms with Gasteiger partial charge in [-0.15, -0.1) is 0 Å². The normalized spacial score (nSPS) is 11.1. The van der Waals surface area contributed by atoms with Crippen LogP contribution in [0.3, 0.4) is 0 Å². The maximum atomic E-state index is 13.3. The largest absolute Gasteiger partial charge is 0.507 e. The third-order valence-electron chi connectivity index (χ3n) is 4.52. The van der Waals surface area contributed by atoms with E-state index in [2.05, 4.69) is 0 Å². The Labute approximate surface area is 172 Å². The molecule has 0 radical (unpaired) electrons. The number of aryl methyl sites for hydroxylation is 1. The second kappa shape index (κ2) is 7.96. The summed E-state index contributed by atoms with van der Waals surface area (Å²) >= 11 is 0. The van der Waals surface area contributed by atoms with Gasteiger partial charge in [0.05, 0.1) is 21.8 Å². The summed E-state index contributed by atoms with van der Waals surface area (Å²) in [5, 5.41) is 21.2. The van der Waals surface area contributed by atoms with Gasteiger partial charge in [0.25, 0.3) is 5.69 Å². The predicted octanol–water partition coefficient (Wildman–Crippen LogP) is 3.90. The van der Waals surface area contributed by atoms with Crippen molar-refractivity contribution in [3.8, 4) is 16.9 Å². The van der Waals surface area contributed by atoms with Crippen LogP contribution in [0.4, 0.5) is 5.69 Å². The number of esters is 1. The Morgan fingerprint density at radius 1 is 1.00 bits per heavy atom. The standard InChI is InChI=1S/C21H17NO7S/c1-13-3-9-16(10-4-13)30(27,28)18-12-11-17(23)20(21(24)29-2)19(18)14-5-7-15(8-6-14)22(25)26/h3-12,23H,1-2H3. The van der Waals surface area contributed by atoms with Crippen LogP contribution in [0.25, 0.3) is 11.1 Å². The van der Waals surface area contributed by atoms with Crippen LogP contribution in [0.5, 0.6) is 5.75 Å². The van der Waals surface area contributed by atoms with Gasteiger partial charge in [-0.25, -0.2) is 13.2 Å². The van der Waals surface area contributed by atoms with Crippen molar-refractivity contribution >= 4 is 21.5 Å². The molecule has 0 atom stereocenters. The van der Waals surface area contributed by atoms with E-state index >= 15 is 0 Å². The molecule has 3 rings (SSSR count). The number of sulfone groups is 1. The van der Waals surface area contributed by atoms with Crippen molar-refractivity contribution in [2.45, 2.75) is 16.7 Å². The molecule has 0 fully saturated rings. The molecule has 0 unspecified atom stereocenters. The van der Waals surface area contributed by atoms with Gasteiger partial charge in [-0.1, -0.05) is 17.7 Å². The molecule has 0 saturated carbocycles. The molecule has 1 N–H and O–H groups in total. The van der Waals surface area contributed by atoms with Crippen LogP contribution < -0.4 is 0 Å². The minimum Gasteiger partial charge on any atom is -0.507 e.